The molecule has 1 aliphatic rings. The number of amides is 1. The summed E-state index contributed by atoms with van der Waals surface area (Å²) in [7, 11) is 0. The van der Waals surface area contributed by atoms with Crippen LogP contribution >= 0.6 is 11.6 Å². The molecule has 1 aliphatic heterocycles. The summed E-state index contributed by atoms with van der Waals surface area (Å²) in [6.45, 7) is 2.91. The third kappa shape index (κ3) is 3.51. The molecule has 0 spiro atoms. The molecule has 0 radical (unpaired) electrons. The van der Waals surface area contributed by atoms with Crippen molar-refractivity contribution in [2.45, 2.75) is 19.4 Å². The zero-order valence-corrected chi connectivity index (χ0v) is 12.0. The average molecular weight is 293 g/mol. The standard InChI is InChI=1S/C15H17ClN2O2/c1-10-6-8-20-14(10)15(19)18-12-4-5-13(16)11(9-12)3-2-7-17/h4-5,9-10,14H,6-8,17H2,1H3,(H,18,19). The van der Waals surface area contributed by atoms with E-state index in [9.17, 15) is 4.79 Å². The molecular formula is C15H17ClN2O2. The number of rotatable bonds is 2. The van der Waals surface area contributed by atoms with Crippen LogP contribution in [0.1, 0.15) is 18.9 Å². The molecule has 20 heavy (non-hydrogen) atoms. The first-order chi connectivity index (χ1) is 9.61. The van der Waals surface area contributed by atoms with Gasteiger partial charge in [0, 0.05) is 17.9 Å². The fraction of sp³-hybridized carbons (Fsp3) is 0.400. The predicted octanol–water partition coefficient (Wildman–Crippen LogP) is 2.01. The lowest BCUT2D eigenvalue weighted by Crippen LogP contribution is -2.31. The predicted molar refractivity (Wildman–Crippen MR) is 79.5 cm³/mol. The monoisotopic (exact) mass is 292 g/mol. The molecule has 1 amide bonds. The van der Waals surface area contributed by atoms with Gasteiger partial charge in [-0.05, 0) is 30.5 Å². The van der Waals surface area contributed by atoms with E-state index in [-0.39, 0.29) is 24.5 Å². The summed E-state index contributed by atoms with van der Waals surface area (Å²) in [6, 6.07) is 5.19. The number of anilines is 1. The molecule has 1 heterocycles. The van der Waals surface area contributed by atoms with Gasteiger partial charge in [0.05, 0.1) is 11.6 Å². The zero-order valence-electron chi connectivity index (χ0n) is 11.3. The molecule has 0 aliphatic carbocycles. The lowest BCUT2D eigenvalue weighted by molar-refractivity contribution is -0.126. The Morgan fingerprint density at radius 3 is 3.05 bits per heavy atom. The highest BCUT2D eigenvalue weighted by molar-refractivity contribution is 6.31. The lowest BCUT2D eigenvalue weighted by Gasteiger charge is -2.14. The van der Waals surface area contributed by atoms with Gasteiger partial charge in [-0.15, -0.1) is 0 Å². The van der Waals surface area contributed by atoms with Crippen molar-refractivity contribution in [3.63, 3.8) is 0 Å². The molecule has 1 fully saturated rings. The van der Waals surface area contributed by atoms with Crippen molar-refractivity contribution in [1.82, 2.24) is 0 Å². The Morgan fingerprint density at radius 2 is 2.40 bits per heavy atom. The molecule has 2 unspecified atom stereocenters. The van der Waals surface area contributed by atoms with Crippen molar-refractivity contribution >= 4 is 23.2 Å². The van der Waals surface area contributed by atoms with Gasteiger partial charge in [-0.25, -0.2) is 0 Å². The Labute approximate surface area is 123 Å². The van der Waals surface area contributed by atoms with Crippen LogP contribution in [0.4, 0.5) is 5.69 Å². The van der Waals surface area contributed by atoms with E-state index in [4.69, 9.17) is 22.1 Å². The molecule has 0 bridgehead atoms. The van der Waals surface area contributed by atoms with Crippen LogP contribution < -0.4 is 11.1 Å². The van der Waals surface area contributed by atoms with Crippen molar-refractivity contribution in [2.24, 2.45) is 11.7 Å². The van der Waals surface area contributed by atoms with E-state index in [1.165, 1.54) is 0 Å². The number of carbonyl (C=O) groups excluding carboxylic acids is 1. The molecule has 1 aromatic carbocycles. The smallest absolute Gasteiger partial charge is 0.253 e. The van der Waals surface area contributed by atoms with Crippen LogP contribution in [0.25, 0.3) is 0 Å². The maximum atomic E-state index is 12.1. The summed E-state index contributed by atoms with van der Waals surface area (Å²) in [4.78, 5) is 12.1. The summed E-state index contributed by atoms with van der Waals surface area (Å²) >= 11 is 6.04. The molecular weight excluding hydrogens is 276 g/mol. The topological polar surface area (TPSA) is 64.3 Å². The molecule has 106 valence electrons. The number of carbonyl (C=O) groups is 1. The molecule has 1 saturated heterocycles. The highest BCUT2D eigenvalue weighted by atomic mass is 35.5. The van der Waals surface area contributed by atoms with Crippen LogP contribution in [-0.4, -0.2) is 25.2 Å². The minimum absolute atomic E-state index is 0.130. The van der Waals surface area contributed by atoms with E-state index in [2.05, 4.69) is 17.2 Å². The van der Waals surface area contributed by atoms with E-state index in [0.717, 1.165) is 6.42 Å². The molecule has 5 heteroatoms. The van der Waals surface area contributed by atoms with Gasteiger partial charge >= 0.3 is 0 Å². The van der Waals surface area contributed by atoms with Crippen molar-refractivity contribution < 1.29 is 9.53 Å². The van der Waals surface area contributed by atoms with E-state index in [0.29, 0.717) is 22.9 Å². The Hall–Kier alpha value is -1.54. The number of nitrogens with one attached hydrogen (secondary N) is 1. The van der Waals surface area contributed by atoms with Gasteiger partial charge in [-0.3, -0.25) is 4.79 Å². The first-order valence-corrected chi connectivity index (χ1v) is 6.90. The minimum atomic E-state index is -0.385. The van der Waals surface area contributed by atoms with Crippen LogP contribution in [0.5, 0.6) is 0 Å². The summed E-state index contributed by atoms with van der Waals surface area (Å²) in [5, 5.41) is 3.37. The second kappa shape index (κ2) is 6.76. The van der Waals surface area contributed by atoms with E-state index >= 15 is 0 Å². The summed E-state index contributed by atoms with van der Waals surface area (Å²) in [5.74, 6) is 5.72. The number of halogens is 1. The Balaban J connectivity index is 2.11. The van der Waals surface area contributed by atoms with Crippen LogP contribution in [0.3, 0.4) is 0 Å². The first kappa shape index (κ1) is 14.9. The van der Waals surface area contributed by atoms with Crippen molar-refractivity contribution in [3.8, 4) is 11.8 Å². The van der Waals surface area contributed by atoms with Gasteiger partial charge in [-0.1, -0.05) is 30.4 Å². The molecule has 0 saturated carbocycles. The van der Waals surface area contributed by atoms with Crippen molar-refractivity contribution in [3.05, 3.63) is 28.8 Å². The van der Waals surface area contributed by atoms with Gasteiger partial charge in [0.15, 0.2) is 0 Å². The number of benzene rings is 1. The number of ether oxygens (including phenoxy) is 1. The molecule has 2 rings (SSSR count). The fourth-order valence-electron chi connectivity index (χ4n) is 2.09. The summed E-state index contributed by atoms with van der Waals surface area (Å²) in [5.41, 5.74) is 6.64. The second-order valence-electron chi connectivity index (χ2n) is 4.75. The Bertz CT molecular complexity index is 563. The maximum absolute atomic E-state index is 12.1. The van der Waals surface area contributed by atoms with Crippen LogP contribution in [0.15, 0.2) is 18.2 Å². The largest absolute Gasteiger partial charge is 0.368 e. The quantitative estimate of drug-likeness (QED) is 0.820. The Kier molecular flexibility index (Phi) is 5.02. The van der Waals surface area contributed by atoms with Crippen LogP contribution in [-0.2, 0) is 9.53 Å². The third-order valence-electron chi connectivity index (χ3n) is 3.20. The molecule has 0 aromatic heterocycles. The molecule has 2 atom stereocenters. The highest BCUT2D eigenvalue weighted by Gasteiger charge is 2.30. The highest BCUT2D eigenvalue weighted by Crippen LogP contribution is 2.23. The normalized spacial score (nSPS) is 21.1. The zero-order chi connectivity index (χ0) is 14.5. The van der Waals surface area contributed by atoms with E-state index in [1.54, 1.807) is 18.2 Å². The molecule has 4 nitrogen and oxygen atoms in total. The van der Waals surface area contributed by atoms with Crippen molar-refractivity contribution in [2.75, 3.05) is 18.5 Å². The van der Waals surface area contributed by atoms with Gasteiger partial charge < -0.3 is 15.8 Å². The SMILES string of the molecule is CC1CCOC1C(=O)Nc1ccc(Cl)c(C#CCN)c1. The fourth-order valence-corrected chi connectivity index (χ4v) is 2.25. The Morgan fingerprint density at radius 1 is 1.60 bits per heavy atom. The van der Waals surface area contributed by atoms with Gasteiger partial charge in [-0.2, -0.15) is 0 Å². The average Bonchev–Trinajstić information content (AvgIpc) is 2.85. The number of nitrogens with two attached hydrogens (primary N) is 1. The summed E-state index contributed by atoms with van der Waals surface area (Å²) < 4.78 is 5.44. The lowest BCUT2D eigenvalue weighted by atomic mass is 10.0. The van der Waals surface area contributed by atoms with Gasteiger partial charge in [0.2, 0.25) is 0 Å². The summed E-state index contributed by atoms with van der Waals surface area (Å²) in [6.07, 6.45) is 0.524. The maximum Gasteiger partial charge on any atom is 0.253 e. The van der Waals surface area contributed by atoms with E-state index < -0.39 is 0 Å². The number of hydrogen-bond donors (Lipinski definition) is 2. The minimum Gasteiger partial charge on any atom is -0.368 e. The molecule has 3 N–H and O–H groups in total. The van der Waals surface area contributed by atoms with E-state index in [1.807, 2.05) is 6.92 Å². The molecule has 1 aromatic rings. The van der Waals surface area contributed by atoms with Crippen LogP contribution in [0, 0.1) is 17.8 Å². The third-order valence-corrected chi connectivity index (χ3v) is 3.53. The first-order valence-electron chi connectivity index (χ1n) is 6.52. The van der Waals surface area contributed by atoms with Crippen molar-refractivity contribution in [1.29, 1.82) is 0 Å². The van der Waals surface area contributed by atoms with Crippen LogP contribution in [0.2, 0.25) is 5.02 Å². The van der Waals surface area contributed by atoms with Gasteiger partial charge in [0.25, 0.3) is 5.91 Å². The van der Waals surface area contributed by atoms with Gasteiger partial charge in [0.1, 0.15) is 6.10 Å². The second-order valence-corrected chi connectivity index (χ2v) is 5.15. The number of hydrogen-bond acceptors (Lipinski definition) is 3.